The Labute approximate surface area is 92.7 Å². The van der Waals surface area contributed by atoms with E-state index >= 15 is 0 Å². The highest BCUT2D eigenvalue weighted by molar-refractivity contribution is 5.68. The maximum atomic E-state index is 4.23. The van der Waals surface area contributed by atoms with Crippen molar-refractivity contribution in [2.75, 3.05) is 5.32 Å². The van der Waals surface area contributed by atoms with Gasteiger partial charge in [-0.2, -0.15) is 0 Å². The number of benzene rings is 1. The maximum absolute atomic E-state index is 4.23. The van der Waals surface area contributed by atoms with Crippen molar-refractivity contribution in [1.29, 1.82) is 0 Å². The molecule has 1 fully saturated rings. The molecular formula is C14H19N. The van der Waals surface area contributed by atoms with Crippen LogP contribution in [0.3, 0.4) is 0 Å². The molecule has 15 heavy (non-hydrogen) atoms. The molecule has 1 heterocycles. The second-order valence-electron chi connectivity index (χ2n) is 4.79. The number of hydrogen-bond donors (Lipinski definition) is 1. The van der Waals surface area contributed by atoms with E-state index in [2.05, 4.69) is 36.2 Å². The Bertz CT molecular complexity index is 405. The number of para-hydroxylation sites is 1. The van der Waals surface area contributed by atoms with Gasteiger partial charge in [-0.1, -0.05) is 44.0 Å². The minimum absolute atomic E-state index is 0. The fourth-order valence-corrected chi connectivity index (χ4v) is 3.18. The monoisotopic (exact) mass is 201 g/mol. The normalized spacial score (nSPS) is 22.5. The van der Waals surface area contributed by atoms with Crippen LogP contribution in [-0.4, -0.2) is 0 Å². The lowest BCUT2D eigenvalue weighted by atomic mass is 9.69. The summed E-state index contributed by atoms with van der Waals surface area (Å²) >= 11 is 0. The van der Waals surface area contributed by atoms with Crippen molar-refractivity contribution in [3.05, 3.63) is 42.1 Å². The summed E-state index contributed by atoms with van der Waals surface area (Å²) in [6.45, 7) is 4.23. The van der Waals surface area contributed by atoms with Crippen LogP contribution in [0.4, 0.5) is 5.69 Å². The Hall–Kier alpha value is -1.24. The summed E-state index contributed by atoms with van der Waals surface area (Å²) in [6.07, 6.45) is 6.62. The van der Waals surface area contributed by atoms with Crippen molar-refractivity contribution in [3.8, 4) is 0 Å². The molecule has 1 aliphatic carbocycles. The van der Waals surface area contributed by atoms with Crippen LogP contribution in [0.5, 0.6) is 0 Å². The first kappa shape index (κ1) is 9.02. The molecule has 1 spiro atoms. The quantitative estimate of drug-likeness (QED) is 0.667. The number of anilines is 1. The molecule has 1 aliphatic heterocycles. The fourth-order valence-electron chi connectivity index (χ4n) is 3.18. The molecule has 0 aromatic heterocycles. The summed E-state index contributed by atoms with van der Waals surface area (Å²) in [7, 11) is 0. The van der Waals surface area contributed by atoms with Crippen LogP contribution in [0.1, 0.15) is 39.1 Å². The van der Waals surface area contributed by atoms with Crippen molar-refractivity contribution in [1.82, 2.24) is 0 Å². The zero-order chi connectivity index (χ0) is 10.3. The summed E-state index contributed by atoms with van der Waals surface area (Å²) in [6, 6.07) is 8.69. The average molecular weight is 201 g/mol. The summed E-state index contributed by atoms with van der Waals surface area (Å²) in [5.41, 5.74) is 4.25. The number of fused-ring (bicyclic) bond motifs is 2. The molecule has 0 unspecified atom stereocenters. The second-order valence-corrected chi connectivity index (χ2v) is 4.79. The molecule has 1 heteroatoms. The fraction of sp³-hybridized carbons (Fsp3) is 0.429. The van der Waals surface area contributed by atoms with Gasteiger partial charge in [-0.3, -0.25) is 0 Å². The Morgan fingerprint density at radius 3 is 2.67 bits per heavy atom. The Morgan fingerprint density at radius 1 is 1.13 bits per heavy atom. The Morgan fingerprint density at radius 2 is 1.87 bits per heavy atom. The molecular weight excluding hydrogens is 182 g/mol. The van der Waals surface area contributed by atoms with Gasteiger partial charge in [-0.15, -0.1) is 0 Å². The van der Waals surface area contributed by atoms with E-state index in [1.54, 1.807) is 0 Å². The van der Waals surface area contributed by atoms with Crippen molar-refractivity contribution >= 4 is 5.69 Å². The minimum atomic E-state index is 0. The SMILES string of the molecule is C=C1Nc2ccccc2C12CCCCC2.[HH]. The van der Waals surface area contributed by atoms with Crippen LogP contribution < -0.4 is 5.32 Å². The van der Waals surface area contributed by atoms with Gasteiger partial charge in [0.2, 0.25) is 0 Å². The van der Waals surface area contributed by atoms with E-state index in [-0.39, 0.29) is 6.84 Å². The predicted octanol–water partition coefficient (Wildman–Crippen LogP) is 4.07. The van der Waals surface area contributed by atoms with E-state index < -0.39 is 0 Å². The van der Waals surface area contributed by atoms with Crippen LogP contribution in [0.15, 0.2) is 36.5 Å². The summed E-state index contributed by atoms with van der Waals surface area (Å²) in [5.74, 6) is 0. The van der Waals surface area contributed by atoms with Gasteiger partial charge in [-0.05, 0) is 24.5 Å². The van der Waals surface area contributed by atoms with Crippen LogP contribution >= 0.6 is 0 Å². The van der Waals surface area contributed by atoms with Crippen molar-refractivity contribution < 1.29 is 1.43 Å². The van der Waals surface area contributed by atoms with Crippen molar-refractivity contribution in [2.45, 2.75) is 37.5 Å². The lowest BCUT2D eigenvalue weighted by molar-refractivity contribution is 0.351. The van der Waals surface area contributed by atoms with Gasteiger partial charge in [0.1, 0.15) is 0 Å². The van der Waals surface area contributed by atoms with Crippen molar-refractivity contribution in [3.63, 3.8) is 0 Å². The maximum Gasteiger partial charge on any atom is 0.0424 e. The van der Waals surface area contributed by atoms with E-state index in [9.17, 15) is 0 Å². The molecule has 1 nitrogen and oxygen atoms in total. The molecule has 1 aromatic rings. The lowest BCUT2D eigenvalue weighted by Crippen LogP contribution is -2.28. The highest BCUT2D eigenvalue weighted by atomic mass is 15.0. The van der Waals surface area contributed by atoms with E-state index in [0.29, 0.717) is 0 Å². The van der Waals surface area contributed by atoms with Gasteiger partial charge in [0.15, 0.2) is 0 Å². The number of rotatable bonds is 0. The highest BCUT2D eigenvalue weighted by Crippen LogP contribution is 2.51. The summed E-state index contributed by atoms with van der Waals surface area (Å²) < 4.78 is 0. The van der Waals surface area contributed by atoms with Crippen LogP contribution in [-0.2, 0) is 5.41 Å². The van der Waals surface area contributed by atoms with Crippen LogP contribution in [0, 0.1) is 0 Å². The van der Waals surface area contributed by atoms with Gasteiger partial charge in [0, 0.05) is 18.2 Å². The molecule has 80 valence electrons. The first-order valence-corrected chi connectivity index (χ1v) is 5.89. The molecule has 0 saturated heterocycles. The van der Waals surface area contributed by atoms with E-state index in [4.69, 9.17) is 0 Å². The molecule has 0 bridgehead atoms. The zero-order valence-electron chi connectivity index (χ0n) is 9.05. The van der Waals surface area contributed by atoms with Gasteiger partial charge in [-0.25, -0.2) is 0 Å². The molecule has 1 N–H and O–H groups in total. The molecule has 0 radical (unpaired) electrons. The second kappa shape index (κ2) is 3.13. The molecule has 0 amide bonds. The summed E-state index contributed by atoms with van der Waals surface area (Å²) in [4.78, 5) is 0. The molecule has 1 saturated carbocycles. The third-order valence-electron chi connectivity index (χ3n) is 4.01. The predicted molar refractivity (Wildman–Crippen MR) is 66.1 cm³/mol. The number of allylic oxidation sites excluding steroid dienone is 1. The van der Waals surface area contributed by atoms with E-state index in [1.807, 2.05) is 0 Å². The van der Waals surface area contributed by atoms with Gasteiger partial charge in [0.25, 0.3) is 0 Å². The van der Waals surface area contributed by atoms with Crippen molar-refractivity contribution in [2.24, 2.45) is 0 Å². The Kier molecular flexibility index (Phi) is 1.88. The molecule has 1 aromatic carbocycles. The first-order chi connectivity index (χ1) is 7.33. The standard InChI is InChI=1S/C14H17N.H2/c1-11-14(9-5-2-6-10-14)12-7-3-4-8-13(12)15-11;/h3-4,7-8,15H,1-2,5-6,9-10H2;1H. The van der Waals surface area contributed by atoms with Gasteiger partial charge in [0.05, 0.1) is 0 Å². The smallest absolute Gasteiger partial charge is 0.0424 e. The molecule has 2 aliphatic rings. The molecule has 0 atom stereocenters. The summed E-state index contributed by atoms with van der Waals surface area (Å²) in [5, 5.41) is 3.46. The molecule has 3 rings (SSSR count). The van der Waals surface area contributed by atoms with Gasteiger partial charge >= 0.3 is 0 Å². The topological polar surface area (TPSA) is 12.0 Å². The minimum Gasteiger partial charge on any atom is -0.358 e. The van der Waals surface area contributed by atoms with Crippen LogP contribution in [0.25, 0.3) is 0 Å². The first-order valence-electron chi connectivity index (χ1n) is 5.89. The highest BCUT2D eigenvalue weighted by Gasteiger charge is 2.42. The Balaban J connectivity index is 0.000000963. The third kappa shape index (κ3) is 1.16. The number of hydrogen-bond acceptors (Lipinski definition) is 1. The van der Waals surface area contributed by atoms with Gasteiger partial charge < -0.3 is 5.32 Å². The number of nitrogens with one attached hydrogen (secondary N) is 1. The lowest BCUT2D eigenvalue weighted by Gasteiger charge is -2.34. The van der Waals surface area contributed by atoms with E-state index in [1.165, 1.54) is 49.1 Å². The largest absolute Gasteiger partial charge is 0.358 e. The zero-order valence-corrected chi connectivity index (χ0v) is 9.05. The van der Waals surface area contributed by atoms with Crippen LogP contribution in [0.2, 0.25) is 0 Å². The van der Waals surface area contributed by atoms with E-state index in [0.717, 1.165) is 0 Å². The average Bonchev–Trinajstić information content (AvgIpc) is 2.55. The third-order valence-corrected chi connectivity index (χ3v) is 4.01.